The Hall–Kier alpha value is -1.27. The maximum absolute atomic E-state index is 12.6. The summed E-state index contributed by atoms with van der Waals surface area (Å²) in [4.78, 5) is 0. The smallest absolute Gasteiger partial charge is 0.145 e. The summed E-state index contributed by atoms with van der Waals surface area (Å²) in [7, 11) is 0. The molecule has 0 bridgehead atoms. The van der Waals surface area contributed by atoms with E-state index in [0.717, 1.165) is 6.07 Å². The number of hydrogen-bond donors (Lipinski definition) is 1. The van der Waals surface area contributed by atoms with Crippen LogP contribution in [-0.4, -0.2) is 5.11 Å². The van der Waals surface area contributed by atoms with Crippen molar-refractivity contribution in [2.24, 2.45) is 0 Å². The van der Waals surface area contributed by atoms with Crippen LogP contribution in [0.25, 0.3) is 0 Å². The van der Waals surface area contributed by atoms with Crippen LogP contribution in [0.5, 0.6) is 5.75 Å². The first-order chi connectivity index (χ1) is 5.65. The molecule has 0 saturated heterocycles. The molecule has 12 heavy (non-hydrogen) atoms. The third kappa shape index (κ3) is 1.66. The molecule has 1 aromatic carbocycles. The lowest BCUT2D eigenvalue weighted by molar-refractivity contribution is 0.463. The SMILES string of the molecule is N#CCc1cc(Cl)c(F)cc1O. The van der Waals surface area contributed by atoms with Crippen LogP contribution in [0.3, 0.4) is 0 Å². The molecular formula is C8H5ClFNO. The van der Waals surface area contributed by atoms with Gasteiger partial charge < -0.3 is 5.11 Å². The van der Waals surface area contributed by atoms with E-state index in [0.29, 0.717) is 5.56 Å². The summed E-state index contributed by atoms with van der Waals surface area (Å²) < 4.78 is 12.6. The molecule has 0 aliphatic carbocycles. The van der Waals surface area contributed by atoms with Gasteiger partial charge in [0.05, 0.1) is 17.5 Å². The number of phenolic OH excluding ortho intramolecular Hbond substituents is 1. The number of benzene rings is 1. The highest BCUT2D eigenvalue weighted by molar-refractivity contribution is 6.30. The van der Waals surface area contributed by atoms with Crippen LogP contribution in [0.4, 0.5) is 4.39 Å². The minimum atomic E-state index is -0.684. The summed E-state index contributed by atoms with van der Waals surface area (Å²) in [5.41, 5.74) is 0.337. The molecule has 0 heterocycles. The van der Waals surface area contributed by atoms with Crippen molar-refractivity contribution < 1.29 is 9.50 Å². The predicted molar refractivity (Wildman–Crippen MR) is 42.4 cm³/mol. The van der Waals surface area contributed by atoms with E-state index in [1.807, 2.05) is 6.07 Å². The van der Waals surface area contributed by atoms with Crippen molar-refractivity contribution >= 4 is 11.6 Å². The molecular weight excluding hydrogens is 181 g/mol. The van der Waals surface area contributed by atoms with Gasteiger partial charge in [-0.25, -0.2) is 4.39 Å². The highest BCUT2D eigenvalue weighted by atomic mass is 35.5. The average molecular weight is 186 g/mol. The Balaban J connectivity index is 3.16. The standard InChI is InChI=1S/C8H5ClFNO/c9-6-3-5(1-2-11)8(12)4-7(6)10/h3-4,12H,1H2. The Morgan fingerprint density at radius 1 is 1.58 bits per heavy atom. The Kier molecular flexibility index (Phi) is 2.51. The van der Waals surface area contributed by atoms with Gasteiger partial charge >= 0.3 is 0 Å². The normalized spacial score (nSPS) is 9.42. The van der Waals surface area contributed by atoms with E-state index < -0.39 is 5.82 Å². The van der Waals surface area contributed by atoms with E-state index in [1.54, 1.807) is 0 Å². The van der Waals surface area contributed by atoms with Crippen molar-refractivity contribution in [1.82, 2.24) is 0 Å². The van der Waals surface area contributed by atoms with Gasteiger partial charge in [-0.1, -0.05) is 11.6 Å². The second kappa shape index (κ2) is 3.42. The van der Waals surface area contributed by atoms with E-state index in [9.17, 15) is 4.39 Å². The van der Waals surface area contributed by atoms with Gasteiger partial charge in [0.25, 0.3) is 0 Å². The Labute approximate surface area is 73.8 Å². The van der Waals surface area contributed by atoms with E-state index >= 15 is 0 Å². The molecule has 2 nitrogen and oxygen atoms in total. The lowest BCUT2D eigenvalue weighted by atomic mass is 10.1. The molecule has 0 aliphatic rings. The number of phenols is 1. The summed E-state index contributed by atoms with van der Waals surface area (Å²) in [6.45, 7) is 0. The lowest BCUT2D eigenvalue weighted by Gasteiger charge is -2.00. The van der Waals surface area contributed by atoms with Gasteiger partial charge in [-0.05, 0) is 6.07 Å². The van der Waals surface area contributed by atoms with E-state index in [4.69, 9.17) is 22.0 Å². The van der Waals surface area contributed by atoms with Crippen LogP contribution < -0.4 is 0 Å². The number of rotatable bonds is 1. The van der Waals surface area contributed by atoms with Crippen LogP contribution in [0.2, 0.25) is 5.02 Å². The number of nitriles is 1. The quantitative estimate of drug-likeness (QED) is 0.729. The molecule has 4 heteroatoms. The van der Waals surface area contributed by atoms with Crippen LogP contribution in [-0.2, 0) is 6.42 Å². The average Bonchev–Trinajstić information content (AvgIpc) is 2.01. The highest BCUT2D eigenvalue weighted by Crippen LogP contribution is 2.24. The highest BCUT2D eigenvalue weighted by Gasteiger charge is 2.06. The van der Waals surface area contributed by atoms with Crippen LogP contribution in [0, 0.1) is 17.1 Å². The molecule has 0 spiro atoms. The van der Waals surface area contributed by atoms with Gasteiger partial charge in [-0.2, -0.15) is 5.26 Å². The molecule has 0 atom stereocenters. The first kappa shape index (κ1) is 8.82. The third-order valence-electron chi connectivity index (χ3n) is 1.39. The van der Waals surface area contributed by atoms with Crippen LogP contribution >= 0.6 is 11.6 Å². The summed E-state index contributed by atoms with van der Waals surface area (Å²) in [5, 5.41) is 17.3. The van der Waals surface area contributed by atoms with Crippen LogP contribution in [0.15, 0.2) is 12.1 Å². The Morgan fingerprint density at radius 2 is 2.25 bits per heavy atom. The number of aromatic hydroxyl groups is 1. The summed E-state index contributed by atoms with van der Waals surface area (Å²) >= 11 is 5.43. The summed E-state index contributed by atoms with van der Waals surface area (Å²) in [6.07, 6.45) is 0.0197. The van der Waals surface area contributed by atoms with Gasteiger partial charge in [-0.15, -0.1) is 0 Å². The van der Waals surface area contributed by atoms with E-state index in [2.05, 4.69) is 0 Å². The monoisotopic (exact) mass is 185 g/mol. The fraction of sp³-hybridized carbons (Fsp3) is 0.125. The number of nitrogens with zero attached hydrogens (tertiary/aromatic N) is 1. The van der Waals surface area contributed by atoms with Crippen molar-refractivity contribution in [2.75, 3.05) is 0 Å². The van der Waals surface area contributed by atoms with Gasteiger partial charge in [-0.3, -0.25) is 0 Å². The molecule has 0 amide bonds. The third-order valence-corrected chi connectivity index (χ3v) is 1.68. The molecule has 0 unspecified atom stereocenters. The first-order valence-electron chi connectivity index (χ1n) is 3.19. The maximum atomic E-state index is 12.6. The van der Waals surface area contributed by atoms with Crippen molar-refractivity contribution in [3.63, 3.8) is 0 Å². The van der Waals surface area contributed by atoms with Crippen molar-refractivity contribution in [3.05, 3.63) is 28.5 Å². The van der Waals surface area contributed by atoms with E-state index in [-0.39, 0.29) is 17.2 Å². The second-order valence-corrected chi connectivity index (χ2v) is 2.64. The zero-order valence-electron chi connectivity index (χ0n) is 6.01. The molecule has 0 saturated carbocycles. The lowest BCUT2D eigenvalue weighted by Crippen LogP contribution is -1.85. The fourth-order valence-electron chi connectivity index (χ4n) is 0.804. The minimum absolute atomic E-state index is 0.0197. The molecule has 0 aromatic heterocycles. The van der Waals surface area contributed by atoms with Gasteiger partial charge in [0.2, 0.25) is 0 Å². The largest absolute Gasteiger partial charge is 0.508 e. The van der Waals surface area contributed by atoms with Gasteiger partial charge in [0.1, 0.15) is 11.6 Å². The van der Waals surface area contributed by atoms with Gasteiger partial charge in [0.15, 0.2) is 0 Å². The summed E-state index contributed by atoms with van der Waals surface area (Å²) in [5.74, 6) is -0.922. The number of hydrogen-bond acceptors (Lipinski definition) is 2. The van der Waals surface area contributed by atoms with Crippen molar-refractivity contribution in [2.45, 2.75) is 6.42 Å². The second-order valence-electron chi connectivity index (χ2n) is 2.23. The zero-order chi connectivity index (χ0) is 9.14. The minimum Gasteiger partial charge on any atom is -0.508 e. The van der Waals surface area contributed by atoms with Gasteiger partial charge in [0, 0.05) is 11.6 Å². The maximum Gasteiger partial charge on any atom is 0.145 e. The molecule has 0 radical (unpaired) electrons. The molecule has 0 fully saturated rings. The molecule has 1 rings (SSSR count). The topological polar surface area (TPSA) is 44.0 Å². The molecule has 1 aromatic rings. The Morgan fingerprint density at radius 3 is 2.83 bits per heavy atom. The summed E-state index contributed by atoms with van der Waals surface area (Å²) in [6, 6.07) is 3.97. The Bertz CT molecular complexity index is 346. The van der Waals surface area contributed by atoms with Crippen molar-refractivity contribution in [1.29, 1.82) is 5.26 Å². The number of halogens is 2. The molecule has 0 aliphatic heterocycles. The zero-order valence-corrected chi connectivity index (χ0v) is 6.77. The fourth-order valence-corrected chi connectivity index (χ4v) is 0.991. The first-order valence-corrected chi connectivity index (χ1v) is 3.56. The van der Waals surface area contributed by atoms with E-state index in [1.165, 1.54) is 6.07 Å². The van der Waals surface area contributed by atoms with Crippen molar-refractivity contribution in [3.8, 4) is 11.8 Å². The predicted octanol–water partition coefficient (Wildman–Crippen LogP) is 2.25. The molecule has 1 N–H and O–H groups in total. The molecule has 62 valence electrons. The van der Waals surface area contributed by atoms with Crippen LogP contribution in [0.1, 0.15) is 5.56 Å².